The molecular weight excluding hydrogens is 699 g/mol. The number of nitrogens with zero attached hydrogens (tertiary/aromatic N) is 3. The minimum absolute atomic E-state index is 0.597. The standard InChI is InChI=1S/C52H31N3O2/c1-3-15-32(16-4-1)49-53-50(33-17-5-2-6-18-33)55-51(54-49)34-27-28-38-36-20-8-7-19-35(36)37-21-9-11-23-41(37)52(43(38)29-34)42-24-12-14-26-46(42)57-48-30-40-39-22-10-13-25-45(39)56-47(40)31-44(48)52/h1-31H. The minimum Gasteiger partial charge on any atom is -0.457 e. The molecule has 0 fully saturated rings. The van der Waals surface area contributed by atoms with Gasteiger partial charge in [-0.25, -0.2) is 15.0 Å². The molecule has 1 aliphatic carbocycles. The van der Waals surface area contributed by atoms with Gasteiger partial charge < -0.3 is 9.15 Å². The smallest absolute Gasteiger partial charge is 0.164 e. The second-order valence-corrected chi connectivity index (χ2v) is 14.7. The first kappa shape index (κ1) is 31.7. The number of hydrogen-bond donors (Lipinski definition) is 0. The van der Waals surface area contributed by atoms with E-state index in [4.69, 9.17) is 24.1 Å². The molecule has 0 radical (unpaired) electrons. The fourth-order valence-electron chi connectivity index (χ4n) is 9.15. The molecule has 1 unspecified atom stereocenters. The van der Waals surface area contributed by atoms with E-state index in [-0.39, 0.29) is 0 Å². The van der Waals surface area contributed by atoms with Crippen LogP contribution in [0.3, 0.4) is 0 Å². The Kier molecular flexibility index (Phi) is 6.78. The molecule has 0 bridgehead atoms. The first-order chi connectivity index (χ1) is 28.2. The number of aromatic nitrogens is 3. The predicted molar refractivity (Wildman–Crippen MR) is 226 cm³/mol. The molecule has 10 aromatic rings. The molecule has 2 aromatic heterocycles. The van der Waals surface area contributed by atoms with E-state index < -0.39 is 5.41 Å². The van der Waals surface area contributed by atoms with Gasteiger partial charge in [0.15, 0.2) is 17.5 Å². The van der Waals surface area contributed by atoms with Gasteiger partial charge in [0, 0.05) is 38.6 Å². The largest absolute Gasteiger partial charge is 0.457 e. The fourth-order valence-corrected chi connectivity index (χ4v) is 9.15. The lowest BCUT2D eigenvalue weighted by Gasteiger charge is -2.42. The Balaban J connectivity index is 1.22. The zero-order valence-corrected chi connectivity index (χ0v) is 30.6. The van der Waals surface area contributed by atoms with Crippen LogP contribution in [0.25, 0.3) is 78.4 Å². The summed E-state index contributed by atoms with van der Waals surface area (Å²) >= 11 is 0. The van der Waals surface area contributed by atoms with E-state index in [0.717, 1.165) is 89.1 Å². The normalized spacial score (nSPS) is 14.9. The second-order valence-electron chi connectivity index (χ2n) is 14.7. The lowest BCUT2D eigenvalue weighted by molar-refractivity contribution is 0.435. The van der Waals surface area contributed by atoms with Crippen LogP contribution in [0.15, 0.2) is 192 Å². The molecule has 0 N–H and O–H groups in total. The molecule has 1 atom stereocenters. The van der Waals surface area contributed by atoms with Crippen LogP contribution in [-0.2, 0) is 5.41 Å². The van der Waals surface area contributed by atoms with Crippen LogP contribution in [0.2, 0.25) is 0 Å². The van der Waals surface area contributed by atoms with Crippen molar-refractivity contribution in [3.63, 3.8) is 0 Å². The molecule has 266 valence electrons. The molecule has 5 heteroatoms. The highest BCUT2D eigenvalue weighted by atomic mass is 16.5. The van der Waals surface area contributed by atoms with Crippen molar-refractivity contribution in [1.29, 1.82) is 0 Å². The zero-order valence-electron chi connectivity index (χ0n) is 30.6. The molecule has 0 amide bonds. The van der Waals surface area contributed by atoms with Crippen LogP contribution >= 0.6 is 0 Å². The van der Waals surface area contributed by atoms with Crippen LogP contribution in [0.5, 0.6) is 11.5 Å². The quantitative estimate of drug-likeness (QED) is 0.181. The Morgan fingerprint density at radius 3 is 1.61 bits per heavy atom. The van der Waals surface area contributed by atoms with Crippen LogP contribution in [0.4, 0.5) is 0 Å². The van der Waals surface area contributed by atoms with Crippen LogP contribution < -0.4 is 4.74 Å². The van der Waals surface area contributed by atoms with Crippen molar-refractivity contribution in [2.24, 2.45) is 0 Å². The third kappa shape index (κ3) is 4.66. The van der Waals surface area contributed by atoms with Crippen molar-refractivity contribution in [1.82, 2.24) is 15.0 Å². The first-order valence-corrected chi connectivity index (χ1v) is 19.2. The summed E-state index contributed by atoms with van der Waals surface area (Å²) in [7, 11) is 0. The number of rotatable bonds is 3. The summed E-state index contributed by atoms with van der Waals surface area (Å²) in [5.74, 6) is 3.44. The maximum absolute atomic E-state index is 6.95. The second kappa shape index (κ2) is 12.2. The topological polar surface area (TPSA) is 61.0 Å². The summed E-state index contributed by atoms with van der Waals surface area (Å²) in [5.41, 5.74) is 12.5. The number of para-hydroxylation sites is 2. The van der Waals surface area contributed by atoms with Crippen molar-refractivity contribution in [2.45, 2.75) is 5.41 Å². The van der Waals surface area contributed by atoms with Gasteiger partial charge in [-0.15, -0.1) is 0 Å². The number of fused-ring (bicyclic) bond motifs is 14. The lowest BCUT2D eigenvalue weighted by Crippen LogP contribution is -2.34. The number of benzene rings is 8. The molecule has 57 heavy (non-hydrogen) atoms. The van der Waals surface area contributed by atoms with Gasteiger partial charge >= 0.3 is 0 Å². The van der Waals surface area contributed by atoms with Gasteiger partial charge in [-0.05, 0) is 63.7 Å². The van der Waals surface area contributed by atoms with E-state index >= 15 is 0 Å². The van der Waals surface area contributed by atoms with Crippen molar-refractivity contribution in [3.05, 3.63) is 210 Å². The molecule has 5 nitrogen and oxygen atoms in total. The van der Waals surface area contributed by atoms with E-state index in [1.807, 2.05) is 72.8 Å². The van der Waals surface area contributed by atoms with Crippen LogP contribution in [0.1, 0.15) is 22.3 Å². The van der Waals surface area contributed by atoms with Crippen molar-refractivity contribution in [2.75, 3.05) is 0 Å². The summed E-state index contributed by atoms with van der Waals surface area (Å²) in [6.07, 6.45) is 0. The van der Waals surface area contributed by atoms with Crippen LogP contribution in [0, 0.1) is 0 Å². The Bertz CT molecular complexity index is 3170. The zero-order chi connectivity index (χ0) is 37.5. The van der Waals surface area contributed by atoms with Gasteiger partial charge in [-0.3, -0.25) is 0 Å². The third-order valence-corrected chi connectivity index (χ3v) is 11.6. The summed E-state index contributed by atoms with van der Waals surface area (Å²) in [6.45, 7) is 0. The summed E-state index contributed by atoms with van der Waals surface area (Å²) in [4.78, 5) is 15.4. The van der Waals surface area contributed by atoms with Gasteiger partial charge in [-0.1, -0.05) is 158 Å². The molecule has 8 aromatic carbocycles. The minimum atomic E-state index is -0.837. The Morgan fingerprint density at radius 1 is 0.333 bits per heavy atom. The summed E-state index contributed by atoms with van der Waals surface area (Å²) < 4.78 is 13.6. The third-order valence-electron chi connectivity index (χ3n) is 11.6. The molecule has 1 aliphatic heterocycles. The number of furan rings is 1. The molecule has 0 saturated heterocycles. The van der Waals surface area contributed by atoms with E-state index in [0.29, 0.717) is 17.5 Å². The van der Waals surface area contributed by atoms with Crippen LogP contribution in [-0.4, -0.2) is 15.0 Å². The Morgan fingerprint density at radius 2 is 0.895 bits per heavy atom. The highest BCUT2D eigenvalue weighted by Crippen LogP contribution is 2.61. The lowest BCUT2D eigenvalue weighted by atomic mass is 9.62. The highest BCUT2D eigenvalue weighted by Gasteiger charge is 2.49. The fraction of sp³-hybridized carbons (Fsp3) is 0.0192. The average molecular weight is 730 g/mol. The first-order valence-electron chi connectivity index (χ1n) is 19.2. The number of hydrogen-bond acceptors (Lipinski definition) is 5. The van der Waals surface area contributed by atoms with Crippen molar-refractivity contribution < 1.29 is 9.15 Å². The van der Waals surface area contributed by atoms with E-state index in [9.17, 15) is 0 Å². The van der Waals surface area contributed by atoms with Crippen molar-refractivity contribution >= 4 is 21.9 Å². The molecular formula is C52H31N3O2. The van der Waals surface area contributed by atoms with Gasteiger partial charge in [0.2, 0.25) is 0 Å². The summed E-state index contributed by atoms with van der Waals surface area (Å²) in [5, 5.41) is 2.08. The molecule has 0 saturated carbocycles. The van der Waals surface area contributed by atoms with Gasteiger partial charge in [0.1, 0.15) is 22.7 Å². The Labute approximate surface area is 328 Å². The SMILES string of the molecule is c1ccc(-c2nc(-c3ccccc3)nc(-c3ccc4c(c3)C3(c5ccccc5Oc5cc6c(cc53)oc3ccccc36)c3ccccc3-c3ccccc3-4)n2)cc1. The van der Waals surface area contributed by atoms with E-state index in [1.165, 1.54) is 5.56 Å². The monoisotopic (exact) mass is 729 g/mol. The molecule has 1 spiro atoms. The predicted octanol–water partition coefficient (Wildman–Crippen LogP) is 12.9. The molecule has 3 heterocycles. The van der Waals surface area contributed by atoms with Gasteiger partial charge in [-0.2, -0.15) is 0 Å². The van der Waals surface area contributed by atoms with Gasteiger partial charge in [0.05, 0.1) is 5.41 Å². The summed E-state index contributed by atoms with van der Waals surface area (Å²) in [6, 6.07) is 65.6. The Hall–Kier alpha value is -7.63. The number of ether oxygens (including phenoxy) is 1. The average Bonchev–Trinajstić information content (AvgIpc) is 3.60. The molecule has 12 rings (SSSR count). The van der Waals surface area contributed by atoms with Crippen molar-refractivity contribution in [3.8, 4) is 67.9 Å². The van der Waals surface area contributed by atoms with E-state index in [2.05, 4.69) is 115 Å². The maximum Gasteiger partial charge on any atom is 0.164 e. The maximum atomic E-state index is 6.95. The highest BCUT2D eigenvalue weighted by molar-refractivity contribution is 6.06. The molecule has 2 aliphatic rings. The van der Waals surface area contributed by atoms with E-state index in [1.54, 1.807) is 0 Å². The van der Waals surface area contributed by atoms with Gasteiger partial charge in [0.25, 0.3) is 0 Å².